The summed E-state index contributed by atoms with van der Waals surface area (Å²) < 4.78 is 27.3. The molecule has 1 nitrogen and oxygen atoms in total. The van der Waals surface area contributed by atoms with Gasteiger partial charge < -0.3 is 5.73 Å². The van der Waals surface area contributed by atoms with Crippen LogP contribution in [-0.2, 0) is 0 Å². The van der Waals surface area contributed by atoms with E-state index in [9.17, 15) is 8.78 Å². The molecule has 0 radical (unpaired) electrons. The van der Waals surface area contributed by atoms with Crippen molar-refractivity contribution < 1.29 is 8.78 Å². The van der Waals surface area contributed by atoms with Crippen molar-refractivity contribution in [2.24, 2.45) is 5.73 Å². The predicted octanol–water partition coefficient (Wildman–Crippen LogP) is 3.87. The van der Waals surface area contributed by atoms with Gasteiger partial charge in [0, 0.05) is 17.4 Å². The molecule has 0 aliphatic heterocycles. The molecule has 1 rings (SSSR count). The lowest BCUT2D eigenvalue weighted by Gasteiger charge is -2.14. The largest absolute Gasteiger partial charge is 0.323 e. The molecule has 90 valence electrons. The first-order chi connectivity index (χ1) is 7.57. The molecule has 16 heavy (non-hydrogen) atoms. The zero-order valence-corrected chi connectivity index (χ0v) is 11.4. The van der Waals surface area contributed by atoms with E-state index in [0.717, 1.165) is 12.2 Å². The van der Waals surface area contributed by atoms with Gasteiger partial charge in [-0.15, -0.1) is 0 Å². The van der Waals surface area contributed by atoms with Crippen molar-refractivity contribution in [3.63, 3.8) is 0 Å². The molecule has 0 fully saturated rings. The second-order valence-corrected chi connectivity index (χ2v) is 5.44. The smallest absolute Gasteiger partial charge is 0.145 e. The van der Waals surface area contributed by atoms with Crippen LogP contribution in [0.2, 0.25) is 0 Å². The Labute approximate surface area is 107 Å². The summed E-state index contributed by atoms with van der Waals surface area (Å²) in [5, 5.41) is 0. The molecule has 1 aromatic carbocycles. The number of halogens is 3. The van der Waals surface area contributed by atoms with Crippen molar-refractivity contribution in [1.82, 2.24) is 0 Å². The molecule has 1 aromatic rings. The van der Waals surface area contributed by atoms with Gasteiger partial charge in [-0.25, -0.2) is 8.78 Å². The SMILES string of the molecule is CCCSCC(N)c1c(F)ccc(Br)c1F. The van der Waals surface area contributed by atoms with Crippen LogP contribution >= 0.6 is 27.7 Å². The summed E-state index contributed by atoms with van der Waals surface area (Å²) >= 11 is 4.63. The summed E-state index contributed by atoms with van der Waals surface area (Å²) in [5.41, 5.74) is 5.76. The van der Waals surface area contributed by atoms with Gasteiger partial charge in [-0.2, -0.15) is 11.8 Å². The third-order valence-corrected chi connectivity index (χ3v) is 4.00. The van der Waals surface area contributed by atoms with Crippen LogP contribution in [-0.4, -0.2) is 11.5 Å². The number of rotatable bonds is 5. The average Bonchev–Trinajstić information content (AvgIpc) is 2.24. The van der Waals surface area contributed by atoms with E-state index < -0.39 is 17.7 Å². The van der Waals surface area contributed by atoms with Gasteiger partial charge in [-0.3, -0.25) is 0 Å². The van der Waals surface area contributed by atoms with Gasteiger partial charge in [0.15, 0.2) is 0 Å². The molecule has 0 amide bonds. The van der Waals surface area contributed by atoms with Crippen molar-refractivity contribution in [2.45, 2.75) is 19.4 Å². The van der Waals surface area contributed by atoms with Gasteiger partial charge in [0.1, 0.15) is 11.6 Å². The van der Waals surface area contributed by atoms with Gasteiger partial charge in [0.2, 0.25) is 0 Å². The first-order valence-corrected chi connectivity index (χ1v) is 6.99. The average molecular weight is 310 g/mol. The molecule has 2 N–H and O–H groups in total. The Morgan fingerprint density at radius 2 is 2.12 bits per heavy atom. The molecule has 0 spiro atoms. The summed E-state index contributed by atoms with van der Waals surface area (Å²) in [5.74, 6) is 0.304. The highest BCUT2D eigenvalue weighted by Gasteiger charge is 2.18. The predicted molar refractivity (Wildman–Crippen MR) is 68.6 cm³/mol. The summed E-state index contributed by atoms with van der Waals surface area (Å²) in [6, 6.07) is 1.97. The second-order valence-electron chi connectivity index (χ2n) is 3.44. The van der Waals surface area contributed by atoms with E-state index >= 15 is 0 Å². The summed E-state index contributed by atoms with van der Waals surface area (Å²) in [7, 11) is 0. The summed E-state index contributed by atoms with van der Waals surface area (Å²) in [4.78, 5) is 0. The quantitative estimate of drug-likeness (QED) is 0.660. The maximum atomic E-state index is 13.6. The van der Waals surface area contributed by atoms with Gasteiger partial charge in [-0.05, 0) is 40.2 Å². The Morgan fingerprint density at radius 3 is 2.75 bits per heavy atom. The zero-order valence-electron chi connectivity index (χ0n) is 8.97. The number of nitrogens with two attached hydrogens (primary N) is 1. The maximum absolute atomic E-state index is 13.6. The first kappa shape index (κ1) is 13.9. The van der Waals surface area contributed by atoms with Crippen LogP contribution in [0, 0.1) is 11.6 Å². The van der Waals surface area contributed by atoms with Gasteiger partial charge in [-0.1, -0.05) is 6.92 Å². The van der Waals surface area contributed by atoms with Crippen LogP contribution in [0.3, 0.4) is 0 Å². The van der Waals surface area contributed by atoms with E-state index in [1.807, 2.05) is 0 Å². The van der Waals surface area contributed by atoms with Crippen LogP contribution in [0.1, 0.15) is 24.9 Å². The molecule has 0 saturated heterocycles. The summed E-state index contributed by atoms with van der Waals surface area (Å²) in [6.45, 7) is 2.05. The maximum Gasteiger partial charge on any atom is 0.145 e. The molecule has 0 aliphatic rings. The molecule has 1 atom stereocenters. The van der Waals surface area contributed by atoms with Crippen molar-refractivity contribution in [1.29, 1.82) is 0 Å². The number of hydrogen-bond acceptors (Lipinski definition) is 2. The van der Waals surface area contributed by atoms with Crippen molar-refractivity contribution >= 4 is 27.7 Å². The highest BCUT2D eigenvalue weighted by molar-refractivity contribution is 9.10. The van der Waals surface area contributed by atoms with E-state index in [4.69, 9.17) is 5.73 Å². The standard InChI is InChI=1S/C11H14BrF2NS/c1-2-5-16-6-9(15)10-8(13)4-3-7(12)11(10)14/h3-4,9H,2,5-6,15H2,1H3. The van der Waals surface area contributed by atoms with Gasteiger partial charge in [0.05, 0.1) is 4.47 Å². The lowest BCUT2D eigenvalue weighted by atomic mass is 10.1. The van der Waals surface area contributed by atoms with E-state index in [1.165, 1.54) is 12.1 Å². The minimum absolute atomic E-state index is 0.0296. The topological polar surface area (TPSA) is 26.0 Å². The lowest BCUT2D eigenvalue weighted by molar-refractivity contribution is 0.534. The normalized spacial score (nSPS) is 12.8. The number of thioether (sulfide) groups is 1. The van der Waals surface area contributed by atoms with Gasteiger partial charge >= 0.3 is 0 Å². The Bertz CT molecular complexity index is 360. The molecule has 0 heterocycles. The Hall–Kier alpha value is -0.130. The summed E-state index contributed by atoms with van der Waals surface area (Å²) in [6.07, 6.45) is 1.03. The molecule has 0 aliphatic carbocycles. The van der Waals surface area contributed by atoms with Crippen LogP contribution in [0.25, 0.3) is 0 Å². The fraction of sp³-hybridized carbons (Fsp3) is 0.455. The first-order valence-electron chi connectivity index (χ1n) is 5.04. The monoisotopic (exact) mass is 309 g/mol. The Balaban J connectivity index is 2.81. The fourth-order valence-corrected chi connectivity index (χ4v) is 2.54. The van der Waals surface area contributed by atoms with E-state index in [1.54, 1.807) is 11.8 Å². The highest BCUT2D eigenvalue weighted by Crippen LogP contribution is 2.27. The molecular formula is C11H14BrF2NS. The molecule has 0 saturated carbocycles. The molecule has 1 unspecified atom stereocenters. The minimum atomic E-state index is -0.603. The third kappa shape index (κ3) is 3.43. The molecule has 0 bridgehead atoms. The molecular weight excluding hydrogens is 296 g/mol. The Kier molecular flexibility index (Phi) is 5.72. The van der Waals surface area contributed by atoms with E-state index in [2.05, 4.69) is 22.9 Å². The van der Waals surface area contributed by atoms with Gasteiger partial charge in [0.25, 0.3) is 0 Å². The fourth-order valence-electron chi connectivity index (χ4n) is 1.32. The number of benzene rings is 1. The number of hydrogen-bond donors (Lipinski definition) is 1. The molecule has 0 aromatic heterocycles. The van der Waals surface area contributed by atoms with Crippen molar-refractivity contribution in [3.05, 3.63) is 33.8 Å². The van der Waals surface area contributed by atoms with Crippen LogP contribution in [0.4, 0.5) is 8.78 Å². The third-order valence-electron chi connectivity index (χ3n) is 2.10. The van der Waals surface area contributed by atoms with Crippen LogP contribution < -0.4 is 5.73 Å². The molecule has 5 heteroatoms. The van der Waals surface area contributed by atoms with Crippen LogP contribution in [0.15, 0.2) is 16.6 Å². The van der Waals surface area contributed by atoms with E-state index in [0.29, 0.717) is 5.75 Å². The lowest BCUT2D eigenvalue weighted by Crippen LogP contribution is -2.17. The zero-order chi connectivity index (χ0) is 12.1. The van der Waals surface area contributed by atoms with Crippen LogP contribution in [0.5, 0.6) is 0 Å². The van der Waals surface area contributed by atoms with Crippen molar-refractivity contribution in [2.75, 3.05) is 11.5 Å². The second kappa shape index (κ2) is 6.57. The Morgan fingerprint density at radius 1 is 1.44 bits per heavy atom. The minimum Gasteiger partial charge on any atom is -0.323 e. The van der Waals surface area contributed by atoms with Crippen molar-refractivity contribution in [3.8, 4) is 0 Å². The van der Waals surface area contributed by atoms with E-state index in [-0.39, 0.29) is 10.0 Å². The highest BCUT2D eigenvalue weighted by atomic mass is 79.9.